The molecule has 6 nitrogen and oxygen atoms in total. The van der Waals surface area contributed by atoms with Gasteiger partial charge in [-0.1, -0.05) is 24.3 Å². The van der Waals surface area contributed by atoms with Crippen LogP contribution in [0.15, 0.2) is 24.3 Å². The van der Waals surface area contributed by atoms with Gasteiger partial charge in [-0.2, -0.15) is 0 Å². The van der Waals surface area contributed by atoms with Gasteiger partial charge in [0, 0.05) is 13.8 Å². The van der Waals surface area contributed by atoms with Crippen LogP contribution < -0.4 is 10.6 Å². The fourth-order valence-electron chi connectivity index (χ4n) is 2.04. The largest absolute Gasteiger partial charge is 0.480 e. The molecule has 1 unspecified atom stereocenters. The highest BCUT2D eigenvalue weighted by Gasteiger charge is 2.19. The van der Waals surface area contributed by atoms with E-state index in [1.165, 1.54) is 13.8 Å². The normalized spacial score (nSPS) is 22.1. The summed E-state index contributed by atoms with van der Waals surface area (Å²) in [6.07, 6.45) is 8.61. The van der Waals surface area contributed by atoms with Crippen molar-refractivity contribution in [1.82, 2.24) is 10.6 Å². The monoisotopic (exact) mass is 280 g/mol. The van der Waals surface area contributed by atoms with Crippen LogP contribution in [0.2, 0.25) is 0 Å². The maximum atomic E-state index is 11.0. The Bertz CT molecular complexity index is 428. The summed E-state index contributed by atoms with van der Waals surface area (Å²) < 4.78 is 0. The molecule has 0 aliphatic heterocycles. The first kappa shape index (κ1) is 15.9. The Morgan fingerprint density at radius 3 is 2.15 bits per heavy atom. The first-order valence-electron chi connectivity index (χ1n) is 6.52. The summed E-state index contributed by atoms with van der Waals surface area (Å²) in [5.74, 6) is -1.35. The van der Waals surface area contributed by atoms with Gasteiger partial charge in [-0.05, 0) is 18.8 Å². The molecule has 110 valence electrons. The zero-order valence-electron chi connectivity index (χ0n) is 11.6. The number of carboxylic acids is 1. The highest BCUT2D eigenvalue weighted by Crippen LogP contribution is 2.17. The van der Waals surface area contributed by atoms with Crippen LogP contribution in [0, 0.1) is 5.92 Å². The van der Waals surface area contributed by atoms with Crippen LogP contribution in [-0.4, -0.2) is 35.0 Å². The average Bonchev–Trinajstić information content (AvgIpc) is 2.34. The molecule has 0 aromatic carbocycles. The van der Waals surface area contributed by atoms with Crippen LogP contribution in [0.5, 0.6) is 0 Å². The molecule has 0 heterocycles. The van der Waals surface area contributed by atoms with Crippen molar-refractivity contribution in [3.05, 3.63) is 24.3 Å². The van der Waals surface area contributed by atoms with Gasteiger partial charge in [0.15, 0.2) is 0 Å². The summed E-state index contributed by atoms with van der Waals surface area (Å²) in [7, 11) is 0. The van der Waals surface area contributed by atoms with Crippen LogP contribution in [0.3, 0.4) is 0 Å². The van der Waals surface area contributed by atoms with E-state index < -0.39 is 12.0 Å². The zero-order chi connectivity index (χ0) is 15.1. The van der Waals surface area contributed by atoms with Crippen LogP contribution >= 0.6 is 0 Å². The highest BCUT2D eigenvalue weighted by molar-refractivity contribution is 5.82. The van der Waals surface area contributed by atoms with Crippen molar-refractivity contribution in [2.75, 3.05) is 0 Å². The van der Waals surface area contributed by atoms with Gasteiger partial charge in [0.25, 0.3) is 0 Å². The van der Waals surface area contributed by atoms with E-state index in [0.717, 1.165) is 0 Å². The third-order valence-corrected chi connectivity index (χ3v) is 2.97. The molecule has 20 heavy (non-hydrogen) atoms. The first-order chi connectivity index (χ1) is 9.38. The Labute approximate surface area is 117 Å². The third kappa shape index (κ3) is 5.69. The smallest absolute Gasteiger partial charge is 0.326 e. The summed E-state index contributed by atoms with van der Waals surface area (Å²) >= 11 is 0. The number of carbonyl (C=O) groups excluding carboxylic acids is 2. The molecule has 0 spiro atoms. The lowest BCUT2D eigenvalue weighted by molar-refractivity contribution is -0.141. The molecule has 0 radical (unpaired) electrons. The van der Waals surface area contributed by atoms with Crippen molar-refractivity contribution in [1.29, 1.82) is 0 Å². The van der Waals surface area contributed by atoms with Gasteiger partial charge in [-0.25, -0.2) is 4.79 Å². The number of aliphatic carboxylic acids is 1. The van der Waals surface area contributed by atoms with Crippen LogP contribution in [0.25, 0.3) is 0 Å². The van der Waals surface area contributed by atoms with E-state index in [-0.39, 0.29) is 23.8 Å². The molecule has 1 aliphatic rings. The molecule has 0 bridgehead atoms. The molecule has 0 fully saturated rings. The quantitative estimate of drug-likeness (QED) is 0.621. The number of carbonyl (C=O) groups is 3. The standard InChI is InChI=1S/C14H20N2O4/c1-9(17)15-12-6-3-11(4-7-12)5-8-13(14(19)20)16-10(2)18/h3-4,6-7,11-13H,5,8H2,1-2H3,(H,15,17)(H,16,18)(H,19,20). The summed E-state index contributed by atoms with van der Waals surface area (Å²) in [6, 6.07) is -0.961. The summed E-state index contributed by atoms with van der Waals surface area (Å²) in [5.41, 5.74) is 0. The Kier molecular flexibility index (Phi) is 5.96. The fourth-order valence-corrected chi connectivity index (χ4v) is 2.04. The molecule has 0 aromatic heterocycles. The van der Waals surface area contributed by atoms with Gasteiger partial charge >= 0.3 is 5.97 Å². The Morgan fingerprint density at radius 1 is 1.10 bits per heavy atom. The SMILES string of the molecule is CC(=O)NC1C=CC(CCC(NC(C)=O)C(=O)O)C=C1. The number of nitrogens with one attached hydrogen (secondary N) is 2. The molecule has 0 aromatic rings. The van der Waals surface area contributed by atoms with Gasteiger partial charge in [0.1, 0.15) is 6.04 Å². The molecule has 1 aliphatic carbocycles. The van der Waals surface area contributed by atoms with E-state index in [4.69, 9.17) is 5.11 Å². The molecule has 0 saturated carbocycles. The second-order valence-electron chi connectivity index (χ2n) is 4.83. The maximum Gasteiger partial charge on any atom is 0.326 e. The van der Waals surface area contributed by atoms with Crippen molar-refractivity contribution < 1.29 is 19.5 Å². The molecule has 1 atom stereocenters. The van der Waals surface area contributed by atoms with E-state index in [2.05, 4.69) is 10.6 Å². The minimum atomic E-state index is -1.03. The molecular weight excluding hydrogens is 260 g/mol. The van der Waals surface area contributed by atoms with Crippen molar-refractivity contribution in [2.45, 2.75) is 38.8 Å². The van der Waals surface area contributed by atoms with E-state index in [1.807, 2.05) is 24.3 Å². The number of hydrogen-bond acceptors (Lipinski definition) is 3. The Balaban J connectivity index is 2.43. The number of hydrogen-bond donors (Lipinski definition) is 3. The van der Waals surface area contributed by atoms with Gasteiger partial charge in [-0.15, -0.1) is 0 Å². The van der Waals surface area contributed by atoms with Gasteiger partial charge < -0.3 is 15.7 Å². The van der Waals surface area contributed by atoms with Gasteiger partial charge in [-0.3, -0.25) is 9.59 Å². The van der Waals surface area contributed by atoms with E-state index in [0.29, 0.717) is 12.8 Å². The molecular formula is C14H20N2O4. The summed E-state index contributed by atoms with van der Waals surface area (Å²) in [6.45, 7) is 2.76. The number of allylic oxidation sites excluding steroid dienone is 2. The van der Waals surface area contributed by atoms with Crippen molar-refractivity contribution >= 4 is 17.8 Å². The second kappa shape index (κ2) is 7.47. The minimum Gasteiger partial charge on any atom is -0.480 e. The summed E-state index contributed by atoms with van der Waals surface area (Å²) in [4.78, 5) is 32.8. The molecule has 3 N–H and O–H groups in total. The Morgan fingerprint density at radius 2 is 1.70 bits per heavy atom. The minimum absolute atomic E-state index is 0.0978. The van der Waals surface area contributed by atoms with Crippen LogP contribution in [0.4, 0.5) is 0 Å². The highest BCUT2D eigenvalue weighted by atomic mass is 16.4. The maximum absolute atomic E-state index is 11.0. The topological polar surface area (TPSA) is 95.5 Å². The van der Waals surface area contributed by atoms with Gasteiger partial charge in [0.2, 0.25) is 11.8 Å². The van der Waals surface area contributed by atoms with E-state index in [1.54, 1.807) is 0 Å². The second-order valence-corrected chi connectivity index (χ2v) is 4.83. The van der Waals surface area contributed by atoms with Crippen LogP contribution in [0.1, 0.15) is 26.7 Å². The third-order valence-electron chi connectivity index (χ3n) is 2.97. The average molecular weight is 280 g/mol. The Hall–Kier alpha value is -2.11. The number of amides is 2. The van der Waals surface area contributed by atoms with Crippen molar-refractivity contribution in [3.63, 3.8) is 0 Å². The lowest BCUT2D eigenvalue weighted by atomic mass is 9.94. The van der Waals surface area contributed by atoms with Gasteiger partial charge in [0.05, 0.1) is 6.04 Å². The number of rotatable bonds is 6. The molecule has 2 amide bonds. The van der Waals surface area contributed by atoms with E-state index in [9.17, 15) is 14.4 Å². The lowest BCUT2D eigenvalue weighted by Crippen LogP contribution is -2.39. The van der Waals surface area contributed by atoms with E-state index >= 15 is 0 Å². The van der Waals surface area contributed by atoms with Crippen molar-refractivity contribution in [2.24, 2.45) is 5.92 Å². The first-order valence-corrected chi connectivity index (χ1v) is 6.52. The molecule has 0 saturated heterocycles. The number of carboxylic acid groups (broad SMARTS) is 1. The summed E-state index contributed by atoms with van der Waals surface area (Å²) in [5, 5.41) is 14.2. The van der Waals surface area contributed by atoms with Crippen molar-refractivity contribution in [3.8, 4) is 0 Å². The predicted octanol–water partition coefficient (Wildman–Crippen LogP) is 0.603. The zero-order valence-corrected chi connectivity index (χ0v) is 11.6. The lowest BCUT2D eigenvalue weighted by Gasteiger charge is -2.19. The molecule has 6 heteroatoms. The molecule has 1 rings (SSSR count). The van der Waals surface area contributed by atoms with Crippen LogP contribution in [-0.2, 0) is 14.4 Å². The fraction of sp³-hybridized carbons (Fsp3) is 0.500. The predicted molar refractivity (Wildman–Crippen MR) is 73.8 cm³/mol.